The van der Waals surface area contributed by atoms with Crippen LogP contribution in [0.25, 0.3) is 0 Å². The first kappa shape index (κ1) is 25.2. The topological polar surface area (TPSA) is 49.4 Å². The van der Waals surface area contributed by atoms with Crippen molar-refractivity contribution in [2.45, 2.75) is 24.8 Å². The number of benzene rings is 3. The van der Waals surface area contributed by atoms with Crippen molar-refractivity contribution in [1.82, 2.24) is 10.2 Å². The number of amides is 2. The lowest BCUT2D eigenvalue weighted by molar-refractivity contribution is -0.139. The fourth-order valence-electron chi connectivity index (χ4n) is 3.47. The summed E-state index contributed by atoms with van der Waals surface area (Å²) in [5, 5.41) is 3.70. The predicted octanol–water partition coefficient (Wildman–Crippen LogP) is 5.61. The molecule has 0 aliphatic carbocycles. The highest BCUT2D eigenvalue weighted by atomic mass is 35.5. The molecule has 3 rings (SSSR count). The summed E-state index contributed by atoms with van der Waals surface area (Å²) in [7, 11) is 1.59. The van der Waals surface area contributed by atoms with E-state index in [9.17, 15) is 9.59 Å². The third-order valence-corrected chi connectivity index (χ3v) is 6.79. The maximum Gasteiger partial charge on any atom is 0.242 e. The number of hydrogen-bond donors (Lipinski definition) is 1. The summed E-state index contributed by atoms with van der Waals surface area (Å²) in [6, 6.07) is 24.2. The van der Waals surface area contributed by atoms with Gasteiger partial charge in [0.25, 0.3) is 0 Å². The van der Waals surface area contributed by atoms with Gasteiger partial charge in [-0.05, 0) is 28.8 Å². The second-order valence-corrected chi connectivity index (χ2v) is 9.38. The van der Waals surface area contributed by atoms with Gasteiger partial charge in [0.2, 0.25) is 11.8 Å². The third kappa shape index (κ3) is 7.53. The lowest BCUT2D eigenvalue weighted by atomic mass is 10.0. The van der Waals surface area contributed by atoms with E-state index in [4.69, 9.17) is 23.2 Å². The SMILES string of the molecule is CNC(=O)C(Cc1ccccc1)N(Cc1ccc(Cl)cc1Cl)C(=O)CSCc1ccccc1. The summed E-state index contributed by atoms with van der Waals surface area (Å²) < 4.78 is 0. The van der Waals surface area contributed by atoms with Crippen LogP contribution in [-0.2, 0) is 28.3 Å². The number of carbonyl (C=O) groups excluding carboxylic acids is 2. The highest BCUT2D eigenvalue weighted by Gasteiger charge is 2.30. The van der Waals surface area contributed by atoms with Crippen LogP contribution in [0, 0.1) is 0 Å². The summed E-state index contributed by atoms with van der Waals surface area (Å²) in [4.78, 5) is 28.0. The molecule has 0 heterocycles. The van der Waals surface area contributed by atoms with Crippen LogP contribution in [0.5, 0.6) is 0 Å². The first-order chi connectivity index (χ1) is 16.0. The van der Waals surface area contributed by atoms with Gasteiger partial charge in [-0.2, -0.15) is 0 Å². The van der Waals surface area contributed by atoms with E-state index < -0.39 is 6.04 Å². The average Bonchev–Trinajstić information content (AvgIpc) is 2.83. The molecule has 33 heavy (non-hydrogen) atoms. The molecule has 1 N–H and O–H groups in total. The van der Waals surface area contributed by atoms with Crippen LogP contribution in [0.4, 0.5) is 0 Å². The van der Waals surface area contributed by atoms with E-state index in [0.717, 1.165) is 16.7 Å². The molecule has 0 aliphatic heterocycles. The lowest BCUT2D eigenvalue weighted by Crippen LogP contribution is -2.50. The number of nitrogens with zero attached hydrogens (tertiary/aromatic N) is 1. The fraction of sp³-hybridized carbons (Fsp3) is 0.231. The largest absolute Gasteiger partial charge is 0.357 e. The average molecular weight is 501 g/mol. The first-order valence-electron chi connectivity index (χ1n) is 10.6. The fourth-order valence-corrected chi connectivity index (χ4v) is 4.81. The minimum atomic E-state index is -0.672. The van der Waals surface area contributed by atoms with E-state index in [2.05, 4.69) is 5.32 Å². The predicted molar refractivity (Wildman–Crippen MR) is 138 cm³/mol. The Morgan fingerprint density at radius 2 is 1.58 bits per heavy atom. The molecule has 4 nitrogen and oxygen atoms in total. The van der Waals surface area contributed by atoms with Gasteiger partial charge in [0.05, 0.1) is 5.75 Å². The van der Waals surface area contributed by atoms with E-state index in [1.54, 1.807) is 30.1 Å². The Morgan fingerprint density at radius 1 is 0.939 bits per heavy atom. The number of carbonyl (C=O) groups is 2. The van der Waals surface area contributed by atoms with Crippen LogP contribution in [0.1, 0.15) is 16.7 Å². The maximum atomic E-state index is 13.4. The van der Waals surface area contributed by atoms with Gasteiger partial charge in [-0.3, -0.25) is 9.59 Å². The summed E-state index contributed by atoms with van der Waals surface area (Å²) in [5.41, 5.74) is 2.86. The zero-order valence-electron chi connectivity index (χ0n) is 18.3. The molecule has 0 saturated heterocycles. The molecule has 172 valence electrons. The molecule has 7 heteroatoms. The van der Waals surface area contributed by atoms with Crippen LogP contribution in [-0.4, -0.2) is 35.6 Å². The zero-order valence-corrected chi connectivity index (χ0v) is 20.7. The van der Waals surface area contributed by atoms with Gasteiger partial charge in [0, 0.05) is 35.8 Å². The Balaban J connectivity index is 1.84. The van der Waals surface area contributed by atoms with Crippen molar-refractivity contribution < 1.29 is 9.59 Å². The normalized spacial score (nSPS) is 11.6. The third-order valence-electron chi connectivity index (χ3n) is 5.21. The van der Waals surface area contributed by atoms with E-state index in [0.29, 0.717) is 22.2 Å². The molecule has 3 aromatic rings. The van der Waals surface area contributed by atoms with Crippen LogP contribution in [0.3, 0.4) is 0 Å². The Kier molecular flexibility index (Phi) is 9.67. The van der Waals surface area contributed by atoms with Gasteiger partial charge in [-0.25, -0.2) is 0 Å². The second-order valence-electron chi connectivity index (χ2n) is 7.56. The van der Waals surface area contributed by atoms with Gasteiger partial charge in [0.1, 0.15) is 6.04 Å². The molecular weight excluding hydrogens is 475 g/mol. The van der Waals surface area contributed by atoms with Gasteiger partial charge < -0.3 is 10.2 Å². The number of nitrogens with one attached hydrogen (secondary N) is 1. The quantitative estimate of drug-likeness (QED) is 0.393. The van der Waals surface area contributed by atoms with Crippen molar-refractivity contribution in [1.29, 1.82) is 0 Å². The first-order valence-corrected chi connectivity index (χ1v) is 12.5. The molecule has 1 atom stereocenters. The molecule has 0 aliphatic rings. The van der Waals surface area contributed by atoms with Gasteiger partial charge in [-0.1, -0.05) is 89.9 Å². The molecule has 3 aromatic carbocycles. The molecule has 0 aromatic heterocycles. The van der Waals surface area contributed by atoms with Crippen LogP contribution in [0.2, 0.25) is 10.0 Å². The maximum absolute atomic E-state index is 13.4. The van der Waals surface area contributed by atoms with Crippen molar-refractivity contribution in [2.24, 2.45) is 0 Å². The standard InChI is InChI=1S/C26H26Cl2N2O2S/c1-29-26(32)24(14-19-8-4-2-5-9-19)30(16-21-12-13-22(27)15-23(21)28)25(31)18-33-17-20-10-6-3-7-11-20/h2-13,15,24H,14,16-18H2,1H3,(H,29,32). The summed E-state index contributed by atoms with van der Waals surface area (Å²) >= 11 is 14.0. The number of likely N-dealkylation sites (N-methyl/N-ethyl adjacent to an activating group) is 1. The Morgan fingerprint density at radius 3 is 2.18 bits per heavy atom. The highest BCUT2D eigenvalue weighted by molar-refractivity contribution is 7.99. The highest BCUT2D eigenvalue weighted by Crippen LogP contribution is 2.25. The molecule has 0 fully saturated rings. The second kappa shape index (κ2) is 12.7. The lowest BCUT2D eigenvalue weighted by Gasteiger charge is -2.31. The number of halogens is 2. The van der Waals surface area contributed by atoms with E-state index in [-0.39, 0.29) is 24.1 Å². The molecule has 0 spiro atoms. The molecule has 0 saturated carbocycles. The smallest absolute Gasteiger partial charge is 0.242 e. The van der Waals surface area contributed by atoms with Crippen LogP contribution < -0.4 is 5.32 Å². The van der Waals surface area contributed by atoms with Gasteiger partial charge >= 0.3 is 0 Å². The van der Waals surface area contributed by atoms with E-state index in [1.165, 1.54) is 11.8 Å². The molecule has 1 unspecified atom stereocenters. The van der Waals surface area contributed by atoms with Crippen molar-refractivity contribution in [2.75, 3.05) is 12.8 Å². The van der Waals surface area contributed by atoms with Crippen molar-refractivity contribution in [3.63, 3.8) is 0 Å². The Hall–Kier alpha value is -2.47. The molecular formula is C26H26Cl2N2O2S. The molecule has 0 radical (unpaired) electrons. The van der Waals surface area contributed by atoms with E-state index >= 15 is 0 Å². The monoisotopic (exact) mass is 500 g/mol. The molecule has 0 bridgehead atoms. The Labute approximate surface area is 209 Å². The molecule has 2 amide bonds. The van der Waals surface area contributed by atoms with Crippen molar-refractivity contribution in [3.8, 4) is 0 Å². The van der Waals surface area contributed by atoms with E-state index in [1.807, 2.05) is 60.7 Å². The zero-order chi connectivity index (χ0) is 23.6. The van der Waals surface area contributed by atoms with Gasteiger partial charge in [0.15, 0.2) is 0 Å². The van der Waals surface area contributed by atoms with Crippen LogP contribution >= 0.6 is 35.0 Å². The summed E-state index contributed by atoms with van der Waals surface area (Å²) in [6.07, 6.45) is 0.404. The number of thioether (sulfide) groups is 1. The van der Waals surface area contributed by atoms with Crippen molar-refractivity contribution in [3.05, 3.63) is 106 Å². The van der Waals surface area contributed by atoms with Crippen molar-refractivity contribution >= 4 is 46.8 Å². The minimum Gasteiger partial charge on any atom is -0.357 e. The summed E-state index contributed by atoms with van der Waals surface area (Å²) in [6.45, 7) is 0.214. The minimum absolute atomic E-state index is 0.119. The summed E-state index contributed by atoms with van der Waals surface area (Å²) in [5.74, 6) is 0.630. The number of rotatable bonds is 10. The number of hydrogen-bond acceptors (Lipinski definition) is 3. The Bertz CT molecular complexity index is 1060. The van der Waals surface area contributed by atoms with Crippen LogP contribution in [0.15, 0.2) is 78.9 Å². The van der Waals surface area contributed by atoms with Gasteiger partial charge in [-0.15, -0.1) is 11.8 Å².